The minimum atomic E-state index is 0.732. The fourth-order valence-corrected chi connectivity index (χ4v) is 2.18. The molecule has 0 aliphatic carbocycles. The van der Waals surface area contributed by atoms with Crippen molar-refractivity contribution < 1.29 is 0 Å². The molecule has 0 fully saturated rings. The molecule has 0 amide bonds. The number of benzene rings is 1. The number of aromatic amines is 1. The summed E-state index contributed by atoms with van der Waals surface area (Å²) in [5.74, 6) is 1.77. The summed E-state index contributed by atoms with van der Waals surface area (Å²) in [6.45, 7) is 0.758. The van der Waals surface area contributed by atoms with Crippen molar-refractivity contribution in [2.45, 2.75) is 32.1 Å². The van der Waals surface area contributed by atoms with Gasteiger partial charge < -0.3 is 5.73 Å². The molecule has 2 aromatic rings. The third-order valence-corrected chi connectivity index (χ3v) is 3.18. The van der Waals surface area contributed by atoms with Gasteiger partial charge in [-0.2, -0.15) is 5.10 Å². The number of nitrogens with one attached hydrogen (secondary N) is 1. The second kappa shape index (κ2) is 7.26. The van der Waals surface area contributed by atoms with Crippen LogP contribution in [-0.2, 0) is 12.8 Å². The number of hydrogen-bond donors (Lipinski definition) is 2. The maximum Gasteiger partial charge on any atom is 0.150 e. The normalized spacial score (nSPS) is 10.8. The van der Waals surface area contributed by atoms with Gasteiger partial charge in [0.25, 0.3) is 0 Å². The maximum atomic E-state index is 5.96. The van der Waals surface area contributed by atoms with E-state index in [0.717, 1.165) is 60.9 Å². The highest BCUT2D eigenvalue weighted by Crippen LogP contribution is 2.13. The molecule has 2 rings (SSSR count). The largest absolute Gasteiger partial charge is 0.330 e. The first-order chi connectivity index (χ1) is 9.28. The van der Waals surface area contributed by atoms with Crippen molar-refractivity contribution >= 4 is 11.6 Å². The van der Waals surface area contributed by atoms with E-state index in [2.05, 4.69) is 15.2 Å². The highest BCUT2D eigenvalue weighted by Gasteiger charge is 2.04. The molecular weight excluding hydrogens is 260 g/mol. The number of aryl methyl sites for hydroxylation is 1. The zero-order valence-corrected chi connectivity index (χ0v) is 11.7. The first kappa shape index (κ1) is 14.0. The summed E-state index contributed by atoms with van der Waals surface area (Å²) in [5, 5.41) is 7.97. The Morgan fingerprint density at radius 2 is 2.11 bits per heavy atom. The van der Waals surface area contributed by atoms with E-state index in [0.29, 0.717) is 0 Å². The highest BCUT2D eigenvalue weighted by atomic mass is 35.5. The number of hydrogen-bond acceptors (Lipinski definition) is 3. The van der Waals surface area contributed by atoms with Gasteiger partial charge in [-0.1, -0.05) is 30.2 Å². The molecule has 102 valence electrons. The average molecular weight is 279 g/mol. The molecule has 3 N–H and O–H groups in total. The summed E-state index contributed by atoms with van der Waals surface area (Å²) < 4.78 is 0. The van der Waals surface area contributed by atoms with Crippen LogP contribution in [0.5, 0.6) is 0 Å². The number of nitrogens with two attached hydrogens (primary N) is 1. The molecule has 4 nitrogen and oxygen atoms in total. The molecule has 0 bridgehead atoms. The fraction of sp³-hybridized carbons (Fsp3) is 0.429. The van der Waals surface area contributed by atoms with E-state index in [-0.39, 0.29) is 0 Å². The van der Waals surface area contributed by atoms with Gasteiger partial charge >= 0.3 is 0 Å². The Balaban J connectivity index is 1.87. The van der Waals surface area contributed by atoms with Crippen molar-refractivity contribution in [3.63, 3.8) is 0 Å². The molecule has 0 atom stereocenters. The average Bonchev–Trinajstić information content (AvgIpc) is 2.82. The number of halogens is 1. The van der Waals surface area contributed by atoms with Crippen molar-refractivity contribution in [2.24, 2.45) is 5.73 Å². The van der Waals surface area contributed by atoms with E-state index in [9.17, 15) is 0 Å². The molecule has 19 heavy (non-hydrogen) atoms. The number of unbranched alkanes of at least 4 members (excludes halogenated alkanes) is 2. The second-order valence-electron chi connectivity index (χ2n) is 4.60. The van der Waals surface area contributed by atoms with Crippen molar-refractivity contribution in [1.82, 2.24) is 15.2 Å². The predicted octanol–water partition coefficient (Wildman–Crippen LogP) is 2.72. The summed E-state index contributed by atoms with van der Waals surface area (Å²) >= 11 is 5.96. The summed E-state index contributed by atoms with van der Waals surface area (Å²) in [7, 11) is 0. The Hall–Kier alpha value is -1.39. The topological polar surface area (TPSA) is 67.6 Å². The van der Waals surface area contributed by atoms with Crippen molar-refractivity contribution in [3.8, 4) is 0 Å². The van der Waals surface area contributed by atoms with Crippen LogP contribution in [0.1, 0.15) is 36.5 Å². The minimum Gasteiger partial charge on any atom is -0.330 e. The molecule has 0 saturated carbocycles. The lowest BCUT2D eigenvalue weighted by molar-refractivity contribution is 0.670. The lowest BCUT2D eigenvalue weighted by atomic mass is 10.1. The van der Waals surface area contributed by atoms with Gasteiger partial charge in [0.2, 0.25) is 0 Å². The lowest BCUT2D eigenvalue weighted by Gasteiger charge is -1.98. The molecule has 1 aromatic heterocycles. The van der Waals surface area contributed by atoms with E-state index in [4.69, 9.17) is 17.3 Å². The van der Waals surface area contributed by atoms with Gasteiger partial charge in [-0.3, -0.25) is 5.10 Å². The van der Waals surface area contributed by atoms with Gasteiger partial charge in [-0.15, -0.1) is 0 Å². The minimum absolute atomic E-state index is 0.732. The van der Waals surface area contributed by atoms with Crippen LogP contribution >= 0.6 is 11.6 Å². The number of aromatic nitrogens is 3. The predicted molar refractivity (Wildman–Crippen MR) is 77.3 cm³/mol. The van der Waals surface area contributed by atoms with Crippen LogP contribution in [0.2, 0.25) is 5.02 Å². The van der Waals surface area contributed by atoms with E-state index >= 15 is 0 Å². The molecule has 0 unspecified atom stereocenters. The molecule has 0 spiro atoms. The van der Waals surface area contributed by atoms with E-state index in [1.54, 1.807) is 0 Å². The molecule has 5 heteroatoms. The summed E-state index contributed by atoms with van der Waals surface area (Å²) in [6, 6.07) is 7.80. The van der Waals surface area contributed by atoms with Crippen molar-refractivity contribution in [2.75, 3.05) is 6.54 Å². The van der Waals surface area contributed by atoms with E-state index < -0.39 is 0 Å². The Bertz CT molecular complexity index is 510. The summed E-state index contributed by atoms with van der Waals surface area (Å²) in [4.78, 5) is 4.49. The van der Waals surface area contributed by atoms with Crippen LogP contribution < -0.4 is 5.73 Å². The molecule has 0 radical (unpaired) electrons. The monoisotopic (exact) mass is 278 g/mol. The SMILES string of the molecule is NCCCCCc1n[nH]c(Cc2cccc(Cl)c2)n1. The number of nitrogens with zero attached hydrogens (tertiary/aromatic N) is 2. The highest BCUT2D eigenvalue weighted by molar-refractivity contribution is 6.30. The van der Waals surface area contributed by atoms with Crippen LogP contribution in [0.25, 0.3) is 0 Å². The fourth-order valence-electron chi connectivity index (χ4n) is 1.97. The first-order valence-electron chi connectivity index (χ1n) is 6.62. The number of rotatable bonds is 7. The van der Waals surface area contributed by atoms with Gasteiger partial charge in [-0.05, 0) is 37.1 Å². The molecule has 0 aliphatic heterocycles. The van der Waals surface area contributed by atoms with E-state index in [1.807, 2.05) is 24.3 Å². The Labute approximate surface area is 118 Å². The third-order valence-electron chi connectivity index (χ3n) is 2.94. The summed E-state index contributed by atoms with van der Waals surface area (Å²) in [5.41, 5.74) is 6.60. The number of H-pyrrole nitrogens is 1. The first-order valence-corrected chi connectivity index (χ1v) is 7.00. The standard InChI is InChI=1S/C14H19ClN4/c15-12-6-4-5-11(9-12)10-14-17-13(18-19-14)7-2-1-3-8-16/h4-6,9H,1-3,7-8,10,16H2,(H,17,18,19). The molecular formula is C14H19ClN4. The van der Waals surface area contributed by atoms with Crippen LogP contribution in [-0.4, -0.2) is 21.7 Å². The molecule has 0 aliphatic rings. The summed E-state index contributed by atoms with van der Waals surface area (Å²) in [6.07, 6.45) is 4.93. The molecule has 0 saturated heterocycles. The Morgan fingerprint density at radius 3 is 2.89 bits per heavy atom. The van der Waals surface area contributed by atoms with Crippen LogP contribution in [0.3, 0.4) is 0 Å². The van der Waals surface area contributed by atoms with Gasteiger partial charge in [0.15, 0.2) is 5.82 Å². The van der Waals surface area contributed by atoms with Crippen LogP contribution in [0.15, 0.2) is 24.3 Å². The zero-order chi connectivity index (χ0) is 13.5. The van der Waals surface area contributed by atoms with Gasteiger partial charge in [0.1, 0.15) is 5.82 Å². The Kier molecular flexibility index (Phi) is 5.36. The zero-order valence-electron chi connectivity index (χ0n) is 10.9. The van der Waals surface area contributed by atoms with Crippen molar-refractivity contribution in [1.29, 1.82) is 0 Å². The maximum absolute atomic E-state index is 5.96. The smallest absolute Gasteiger partial charge is 0.150 e. The third kappa shape index (κ3) is 4.65. The molecule has 1 heterocycles. The molecule has 1 aromatic carbocycles. The van der Waals surface area contributed by atoms with Crippen molar-refractivity contribution in [3.05, 3.63) is 46.5 Å². The van der Waals surface area contributed by atoms with Gasteiger partial charge in [-0.25, -0.2) is 4.98 Å². The van der Waals surface area contributed by atoms with Gasteiger partial charge in [0.05, 0.1) is 0 Å². The lowest BCUT2D eigenvalue weighted by Crippen LogP contribution is -1.98. The van der Waals surface area contributed by atoms with E-state index in [1.165, 1.54) is 0 Å². The Morgan fingerprint density at radius 1 is 1.21 bits per heavy atom. The van der Waals surface area contributed by atoms with Crippen LogP contribution in [0, 0.1) is 0 Å². The van der Waals surface area contributed by atoms with Gasteiger partial charge in [0, 0.05) is 17.9 Å². The quantitative estimate of drug-likeness (QED) is 0.765. The second-order valence-corrected chi connectivity index (χ2v) is 5.04. The van der Waals surface area contributed by atoms with Crippen LogP contribution in [0.4, 0.5) is 0 Å².